The Morgan fingerprint density at radius 2 is 1.86 bits per heavy atom. The number of sulfonamides is 1. The highest BCUT2D eigenvalue weighted by Gasteiger charge is 2.31. The average molecular weight is 423 g/mol. The average Bonchev–Trinajstić information content (AvgIpc) is 3.31. The second-order valence-corrected chi connectivity index (χ2v) is 9.62. The Hall–Kier alpha value is -2.33. The van der Waals surface area contributed by atoms with Gasteiger partial charge in [-0.25, -0.2) is 12.7 Å². The molecule has 158 valence electrons. The molecule has 3 heterocycles. The number of ether oxygens (including phenoxy) is 2. The first-order chi connectivity index (χ1) is 13.9. The van der Waals surface area contributed by atoms with Gasteiger partial charge in [-0.05, 0) is 31.4 Å². The molecule has 1 N–H and O–H groups in total. The summed E-state index contributed by atoms with van der Waals surface area (Å²) in [5, 5.41) is 2.91. The van der Waals surface area contributed by atoms with Crippen LogP contribution in [0, 0.1) is 5.92 Å². The lowest BCUT2D eigenvalue weighted by Gasteiger charge is -2.31. The topological polar surface area (TPSA) is 105 Å². The Morgan fingerprint density at radius 3 is 2.59 bits per heavy atom. The smallest absolute Gasteiger partial charge is 0.231 e. The second kappa shape index (κ2) is 8.19. The van der Waals surface area contributed by atoms with E-state index in [1.54, 1.807) is 23.1 Å². The van der Waals surface area contributed by atoms with Crippen molar-refractivity contribution in [3.8, 4) is 11.5 Å². The van der Waals surface area contributed by atoms with Gasteiger partial charge in [-0.1, -0.05) is 0 Å². The molecule has 0 saturated carbocycles. The normalized spacial score (nSPS) is 21.3. The molecule has 3 aliphatic rings. The summed E-state index contributed by atoms with van der Waals surface area (Å²) in [6.07, 6.45) is 1.99. The van der Waals surface area contributed by atoms with Crippen molar-refractivity contribution in [3.63, 3.8) is 0 Å². The zero-order valence-corrected chi connectivity index (χ0v) is 16.9. The number of carbonyl (C=O) groups excluding carboxylic acids is 2. The van der Waals surface area contributed by atoms with Crippen molar-refractivity contribution in [1.82, 2.24) is 9.21 Å². The van der Waals surface area contributed by atoms with Gasteiger partial charge in [0.25, 0.3) is 0 Å². The van der Waals surface area contributed by atoms with Crippen molar-refractivity contribution in [2.75, 3.05) is 44.0 Å². The van der Waals surface area contributed by atoms with E-state index in [0.717, 1.165) is 0 Å². The van der Waals surface area contributed by atoms with Gasteiger partial charge in [0.15, 0.2) is 11.5 Å². The minimum Gasteiger partial charge on any atom is -0.454 e. The third kappa shape index (κ3) is 4.48. The summed E-state index contributed by atoms with van der Waals surface area (Å²) in [4.78, 5) is 26.7. The number of nitrogens with one attached hydrogen (secondary N) is 1. The molecular weight excluding hydrogens is 398 g/mol. The molecule has 0 unspecified atom stereocenters. The first-order valence-electron chi connectivity index (χ1n) is 9.88. The van der Waals surface area contributed by atoms with Gasteiger partial charge in [0.1, 0.15) is 0 Å². The minimum atomic E-state index is -3.17. The molecule has 2 amide bonds. The fourth-order valence-electron chi connectivity index (χ4n) is 3.93. The van der Waals surface area contributed by atoms with Gasteiger partial charge in [-0.3, -0.25) is 9.59 Å². The molecule has 4 rings (SSSR count). The Kier molecular flexibility index (Phi) is 5.64. The number of piperidine rings is 1. The second-order valence-electron chi connectivity index (χ2n) is 7.53. The minimum absolute atomic E-state index is 0.0540. The summed E-state index contributed by atoms with van der Waals surface area (Å²) < 4.78 is 35.6. The van der Waals surface area contributed by atoms with Crippen LogP contribution in [0.4, 0.5) is 5.69 Å². The maximum atomic E-state index is 12.6. The molecule has 0 aliphatic carbocycles. The van der Waals surface area contributed by atoms with Crippen LogP contribution in [-0.4, -0.2) is 68.2 Å². The van der Waals surface area contributed by atoms with E-state index >= 15 is 0 Å². The van der Waals surface area contributed by atoms with Crippen LogP contribution in [-0.2, 0) is 19.6 Å². The van der Waals surface area contributed by atoms with Crippen molar-refractivity contribution in [2.45, 2.75) is 25.7 Å². The molecule has 0 spiro atoms. The fourth-order valence-corrected chi connectivity index (χ4v) is 5.46. The molecule has 2 saturated heterocycles. The number of hydrogen-bond donors (Lipinski definition) is 1. The highest BCUT2D eigenvalue weighted by atomic mass is 32.2. The van der Waals surface area contributed by atoms with Crippen molar-refractivity contribution in [3.05, 3.63) is 18.2 Å². The van der Waals surface area contributed by atoms with Crippen molar-refractivity contribution < 1.29 is 27.5 Å². The van der Waals surface area contributed by atoms with Crippen LogP contribution in [0.1, 0.15) is 25.7 Å². The van der Waals surface area contributed by atoms with Gasteiger partial charge in [0.2, 0.25) is 28.6 Å². The maximum absolute atomic E-state index is 12.6. The van der Waals surface area contributed by atoms with Gasteiger partial charge in [0, 0.05) is 50.3 Å². The third-order valence-corrected chi connectivity index (χ3v) is 7.59. The number of nitrogens with zero attached hydrogens (tertiary/aromatic N) is 2. The molecule has 0 atom stereocenters. The standard InChI is InChI=1S/C19H25N3O6S/c23-18(6-10-22-7-1-11-29(22,25)26)21-8-4-14(5-9-21)19(24)20-15-2-3-16-17(12-15)28-13-27-16/h2-3,12,14H,1,4-11,13H2,(H,20,24). The lowest BCUT2D eigenvalue weighted by Crippen LogP contribution is -2.42. The number of carbonyl (C=O) groups is 2. The van der Waals surface area contributed by atoms with E-state index in [9.17, 15) is 18.0 Å². The van der Waals surface area contributed by atoms with E-state index in [-0.39, 0.29) is 43.2 Å². The van der Waals surface area contributed by atoms with Crippen molar-refractivity contribution in [2.24, 2.45) is 5.92 Å². The summed E-state index contributed by atoms with van der Waals surface area (Å²) in [7, 11) is -3.17. The molecule has 10 heteroatoms. The Bertz CT molecular complexity index is 895. The van der Waals surface area contributed by atoms with Crippen molar-refractivity contribution in [1.29, 1.82) is 0 Å². The number of benzene rings is 1. The number of amides is 2. The first kappa shape index (κ1) is 20.0. The number of anilines is 1. The Balaban J connectivity index is 1.23. The lowest BCUT2D eigenvalue weighted by atomic mass is 9.95. The van der Waals surface area contributed by atoms with Crippen LogP contribution in [0.25, 0.3) is 0 Å². The summed E-state index contributed by atoms with van der Waals surface area (Å²) >= 11 is 0. The van der Waals surface area contributed by atoms with E-state index < -0.39 is 10.0 Å². The third-order valence-electron chi connectivity index (χ3n) is 5.64. The molecule has 0 aromatic heterocycles. The number of hydrogen-bond acceptors (Lipinski definition) is 6. The highest BCUT2D eigenvalue weighted by Crippen LogP contribution is 2.34. The SMILES string of the molecule is O=C(Nc1ccc2c(c1)OCO2)C1CCN(C(=O)CCN2CCCS2(=O)=O)CC1. The van der Waals surface area contributed by atoms with Gasteiger partial charge in [-0.2, -0.15) is 0 Å². The number of likely N-dealkylation sites (tertiary alicyclic amines) is 1. The van der Waals surface area contributed by atoms with Gasteiger partial charge >= 0.3 is 0 Å². The van der Waals surface area contributed by atoms with E-state index in [0.29, 0.717) is 56.1 Å². The van der Waals surface area contributed by atoms with Crippen LogP contribution < -0.4 is 14.8 Å². The summed E-state index contributed by atoms with van der Waals surface area (Å²) in [6, 6.07) is 5.28. The molecular formula is C19H25N3O6S. The molecule has 3 aliphatic heterocycles. The Morgan fingerprint density at radius 1 is 1.10 bits per heavy atom. The quantitative estimate of drug-likeness (QED) is 0.758. The largest absolute Gasteiger partial charge is 0.454 e. The van der Waals surface area contributed by atoms with E-state index in [1.807, 2.05) is 0 Å². The predicted molar refractivity (Wildman–Crippen MR) is 105 cm³/mol. The monoisotopic (exact) mass is 423 g/mol. The van der Waals surface area contributed by atoms with Crippen LogP contribution in [0.3, 0.4) is 0 Å². The summed E-state index contributed by atoms with van der Waals surface area (Å²) in [5.41, 5.74) is 0.657. The van der Waals surface area contributed by atoms with Crippen LogP contribution in [0.5, 0.6) is 11.5 Å². The summed E-state index contributed by atoms with van der Waals surface area (Å²) in [6.45, 7) is 1.93. The van der Waals surface area contributed by atoms with Crippen molar-refractivity contribution >= 4 is 27.5 Å². The lowest BCUT2D eigenvalue weighted by molar-refractivity contribution is -0.134. The molecule has 29 heavy (non-hydrogen) atoms. The van der Waals surface area contributed by atoms with Gasteiger partial charge in [0.05, 0.1) is 5.75 Å². The summed E-state index contributed by atoms with van der Waals surface area (Å²) in [5.74, 6) is 1.16. The highest BCUT2D eigenvalue weighted by molar-refractivity contribution is 7.89. The molecule has 1 aromatic rings. The fraction of sp³-hybridized carbons (Fsp3) is 0.579. The van der Waals surface area contributed by atoms with E-state index in [4.69, 9.17) is 9.47 Å². The zero-order valence-electron chi connectivity index (χ0n) is 16.1. The van der Waals surface area contributed by atoms with Gasteiger partial charge < -0.3 is 19.7 Å². The predicted octanol–water partition coefficient (Wildman–Crippen LogP) is 1.02. The molecule has 2 fully saturated rings. The zero-order chi connectivity index (χ0) is 20.4. The maximum Gasteiger partial charge on any atom is 0.231 e. The molecule has 0 radical (unpaired) electrons. The Labute approximate surface area is 170 Å². The molecule has 0 bridgehead atoms. The number of rotatable bonds is 5. The van der Waals surface area contributed by atoms with E-state index in [2.05, 4.69) is 5.32 Å². The van der Waals surface area contributed by atoms with Crippen LogP contribution in [0.15, 0.2) is 18.2 Å². The number of fused-ring (bicyclic) bond motifs is 1. The molecule has 9 nitrogen and oxygen atoms in total. The van der Waals surface area contributed by atoms with Gasteiger partial charge in [-0.15, -0.1) is 0 Å². The molecule has 1 aromatic carbocycles. The van der Waals surface area contributed by atoms with Crippen LogP contribution in [0.2, 0.25) is 0 Å². The van der Waals surface area contributed by atoms with E-state index in [1.165, 1.54) is 4.31 Å². The first-order valence-corrected chi connectivity index (χ1v) is 11.5. The van der Waals surface area contributed by atoms with Crippen LogP contribution >= 0.6 is 0 Å².